The molecule has 1 heterocycles. The minimum Gasteiger partial charge on any atom is -0.492 e. The second kappa shape index (κ2) is 8.12. The van der Waals surface area contributed by atoms with E-state index in [1.54, 1.807) is 19.1 Å². The molecule has 14 heteroatoms. The molecule has 2 aromatic rings. The van der Waals surface area contributed by atoms with Gasteiger partial charge in [-0.25, -0.2) is 8.42 Å². The lowest BCUT2D eigenvalue weighted by molar-refractivity contribution is 0.329. The summed E-state index contributed by atoms with van der Waals surface area (Å²) in [7, 11) is -8.65. The van der Waals surface area contributed by atoms with Gasteiger partial charge in [0.1, 0.15) is 16.2 Å². The Morgan fingerprint density at radius 1 is 1.46 bits per heavy atom. The lowest BCUT2D eigenvalue weighted by Gasteiger charge is -2.08. The number of azide groups is 1. The Bertz CT molecular complexity index is 1030. The van der Waals surface area contributed by atoms with Crippen molar-refractivity contribution >= 4 is 50.6 Å². The quantitative estimate of drug-likeness (QED) is 0.188. The van der Waals surface area contributed by atoms with Crippen molar-refractivity contribution < 1.29 is 27.5 Å². The molecule has 1 aromatic carbocycles. The third kappa shape index (κ3) is 4.87. The number of ether oxygens (including phenoxy) is 1. The van der Waals surface area contributed by atoms with E-state index in [0.29, 0.717) is 21.4 Å². The number of rotatable bonds is 8. The van der Waals surface area contributed by atoms with Crippen LogP contribution in [0.3, 0.4) is 0 Å². The molecule has 0 radical (unpaired) electrons. The Hall–Kier alpha value is -1.36. The molecule has 10 nitrogen and oxygen atoms in total. The maximum Gasteiger partial charge on any atom is 0.340 e. The van der Waals surface area contributed by atoms with Crippen molar-refractivity contribution in [2.75, 3.05) is 19.4 Å². The topological polar surface area (TPSA) is 162 Å². The van der Waals surface area contributed by atoms with Gasteiger partial charge in [0.25, 0.3) is 10.0 Å². The molecule has 26 heavy (non-hydrogen) atoms. The summed E-state index contributed by atoms with van der Waals surface area (Å²) in [6, 6.07) is 3.19. The van der Waals surface area contributed by atoms with Crippen LogP contribution in [0.4, 0.5) is 0 Å². The molecular weight excluding hydrogens is 427 g/mol. The van der Waals surface area contributed by atoms with Crippen LogP contribution in [0.1, 0.15) is 5.56 Å². The van der Waals surface area contributed by atoms with Gasteiger partial charge in [-0.05, 0) is 30.2 Å². The molecule has 0 bridgehead atoms. The fourth-order valence-corrected chi connectivity index (χ4v) is 6.33. The summed E-state index contributed by atoms with van der Waals surface area (Å²) in [6.45, 7) is 1.76. The summed E-state index contributed by atoms with van der Waals surface area (Å²) in [5.74, 6) is 0.306. The molecule has 0 unspecified atom stereocenters. The number of thiophene rings is 1. The largest absolute Gasteiger partial charge is 0.492 e. The number of aryl methyl sites for hydroxylation is 1. The zero-order chi connectivity index (χ0) is 19.5. The number of nitrogens with one attached hydrogen (secondary N) is 1. The zero-order valence-electron chi connectivity index (χ0n) is 13.3. The van der Waals surface area contributed by atoms with Crippen LogP contribution in [-0.4, -0.2) is 37.6 Å². The van der Waals surface area contributed by atoms with E-state index in [2.05, 4.69) is 10.0 Å². The summed E-state index contributed by atoms with van der Waals surface area (Å²) >= 11 is 7.24. The summed E-state index contributed by atoms with van der Waals surface area (Å²) in [4.78, 5) is 20.3. The third-order valence-corrected chi connectivity index (χ3v) is 7.61. The van der Waals surface area contributed by atoms with Crippen LogP contribution in [0, 0.1) is 6.92 Å². The lowest BCUT2D eigenvalue weighted by atomic mass is 10.2. The zero-order valence-corrected chi connectivity index (χ0v) is 16.6. The van der Waals surface area contributed by atoms with Gasteiger partial charge in [-0.2, -0.15) is 4.72 Å². The van der Waals surface area contributed by atoms with Crippen LogP contribution in [0.2, 0.25) is 5.02 Å². The summed E-state index contributed by atoms with van der Waals surface area (Å²) in [6.07, 6.45) is -0.996. The van der Waals surface area contributed by atoms with E-state index >= 15 is 0 Å². The third-order valence-electron chi connectivity index (χ3n) is 3.17. The van der Waals surface area contributed by atoms with Crippen molar-refractivity contribution in [2.45, 2.75) is 11.1 Å². The SMILES string of the molecule is Cc1c(S(=O)(=O)NCP(=O)(O)O)sc2ccc(OCCN=[N+]=[N-])c(Cl)c12. The van der Waals surface area contributed by atoms with E-state index < -0.39 is 23.9 Å². The number of hydrogen-bond acceptors (Lipinski definition) is 6. The number of hydrogen-bond donors (Lipinski definition) is 3. The van der Waals surface area contributed by atoms with Crippen LogP contribution in [0.25, 0.3) is 20.5 Å². The van der Waals surface area contributed by atoms with Crippen LogP contribution < -0.4 is 9.46 Å². The fourth-order valence-electron chi connectivity index (χ4n) is 2.10. The van der Waals surface area contributed by atoms with Gasteiger partial charge in [0.2, 0.25) is 0 Å². The highest BCUT2D eigenvalue weighted by atomic mass is 35.5. The van der Waals surface area contributed by atoms with Gasteiger partial charge in [0, 0.05) is 15.0 Å². The Balaban J connectivity index is 2.39. The van der Waals surface area contributed by atoms with E-state index in [4.69, 9.17) is 31.7 Å². The first kappa shape index (κ1) is 20.9. The highest BCUT2D eigenvalue weighted by Gasteiger charge is 2.26. The molecule has 0 aliphatic heterocycles. The molecule has 0 aliphatic rings. The maximum atomic E-state index is 12.3. The van der Waals surface area contributed by atoms with Gasteiger partial charge in [-0.1, -0.05) is 16.7 Å². The fraction of sp³-hybridized carbons (Fsp3) is 0.333. The van der Waals surface area contributed by atoms with E-state index in [9.17, 15) is 13.0 Å². The minimum atomic E-state index is -4.53. The molecule has 142 valence electrons. The van der Waals surface area contributed by atoms with E-state index in [1.165, 1.54) is 0 Å². The lowest BCUT2D eigenvalue weighted by Crippen LogP contribution is -2.24. The number of sulfonamides is 1. The normalized spacial score (nSPS) is 12.2. The predicted octanol–water partition coefficient (Wildman–Crippen LogP) is 2.97. The molecule has 2 rings (SSSR count). The van der Waals surface area contributed by atoms with Crippen molar-refractivity contribution in [1.29, 1.82) is 0 Å². The van der Waals surface area contributed by atoms with E-state index in [-0.39, 0.29) is 22.4 Å². The van der Waals surface area contributed by atoms with Gasteiger partial charge in [0.05, 0.1) is 18.2 Å². The monoisotopic (exact) mass is 440 g/mol. The van der Waals surface area contributed by atoms with Gasteiger partial charge >= 0.3 is 7.60 Å². The molecule has 0 fully saturated rings. The first-order valence-corrected chi connectivity index (χ1v) is 11.4. The maximum absolute atomic E-state index is 12.3. The Kier molecular flexibility index (Phi) is 6.54. The van der Waals surface area contributed by atoms with Crippen molar-refractivity contribution in [3.8, 4) is 5.75 Å². The average molecular weight is 441 g/mol. The van der Waals surface area contributed by atoms with Crippen molar-refractivity contribution in [2.24, 2.45) is 5.11 Å². The number of nitrogens with zero attached hydrogens (tertiary/aromatic N) is 3. The smallest absolute Gasteiger partial charge is 0.340 e. The first-order valence-electron chi connectivity index (χ1n) is 6.96. The molecule has 3 N–H and O–H groups in total. The Morgan fingerprint density at radius 2 is 2.15 bits per heavy atom. The molecule has 1 aromatic heterocycles. The van der Waals surface area contributed by atoms with Crippen LogP contribution in [-0.2, 0) is 14.6 Å². The molecule has 0 spiro atoms. The summed E-state index contributed by atoms with van der Waals surface area (Å²) < 4.78 is 43.4. The second-order valence-corrected chi connectivity index (χ2v) is 10.1. The minimum absolute atomic E-state index is 0.0888. The number of halogens is 1. The Morgan fingerprint density at radius 3 is 2.77 bits per heavy atom. The van der Waals surface area contributed by atoms with Crippen LogP contribution >= 0.6 is 30.5 Å². The molecule has 0 atom stereocenters. The first-order chi connectivity index (χ1) is 12.1. The summed E-state index contributed by atoms with van der Waals surface area (Å²) in [5.41, 5.74) is 8.58. The average Bonchev–Trinajstić information content (AvgIpc) is 2.89. The number of benzene rings is 1. The van der Waals surface area contributed by atoms with Crippen LogP contribution in [0.5, 0.6) is 5.75 Å². The molecular formula is C12H14ClN4O6PS2. The molecule has 0 saturated heterocycles. The standard InChI is InChI=1S/C12H14ClN4O6PS2/c1-7-10-9(3-2-8(11(10)13)23-5-4-15-17-14)25-12(7)26(21,22)16-6-24(18,19)20/h2-3,16H,4-6H2,1H3,(H2,18,19,20). The molecule has 0 amide bonds. The number of fused-ring (bicyclic) bond motifs is 1. The van der Waals surface area contributed by atoms with Crippen LogP contribution in [0.15, 0.2) is 21.5 Å². The van der Waals surface area contributed by atoms with Crippen molar-refractivity contribution in [3.05, 3.63) is 33.2 Å². The Labute approximate surface area is 157 Å². The molecule has 0 aliphatic carbocycles. The summed E-state index contributed by atoms with van der Waals surface area (Å²) in [5, 5.41) is 4.01. The highest BCUT2D eigenvalue weighted by molar-refractivity contribution is 7.92. The molecule has 0 saturated carbocycles. The van der Waals surface area contributed by atoms with Gasteiger partial charge in [-0.15, -0.1) is 11.3 Å². The van der Waals surface area contributed by atoms with Gasteiger partial charge < -0.3 is 14.5 Å². The second-order valence-electron chi connectivity index (χ2n) is 5.04. The van der Waals surface area contributed by atoms with Gasteiger partial charge in [0.15, 0.2) is 0 Å². The van der Waals surface area contributed by atoms with E-state index in [0.717, 1.165) is 11.3 Å². The van der Waals surface area contributed by atoms with Gasteiger partial charge in [-0.3, -0.25) is 4.57 Å². The highest BCUT2D eigenvalue weighted by Crippen LogP contribution is 2.42. The predicted molar refractivity (Wildman–Crippen MR) is 98.3 cm³/mol. The van der Waals surface area contributed by atoms with Crippen molar-refractivity contribution in [1.82, 2.24) is 4.72 Å². The van der Waals surface area contributed by atoms with Crippen molar-refractivity contribution in [3.63, 3.8) is 0 Å². The van der Waals surface area contributed by atoms with E-state index in [1.807, 2.05) is 4.72 Å².